The highest BCUT2D eigenvalue weighted by Crippen LogP contribution is 1.91. The highest BCUT2D eigenvalue weighted by Gasteiger charge is 1.96. The van der Waals surface area contributed by atoms with E-state index in [0.29, 0.717) is 6.54 Å². The standard InChI is InChI=1S/C10H17NO4/c1-15-10(14)6-5-9(13)11-7-3-2-4-8-12/h5-6,12H,2-4,7-8H2,1H3,(H,11,13)/b6-5+. The predicted molar refractivity (Wildman–Crippen MR) is 55.1 cm³/mol. The van der Waals surface area contributed by atoms with Gasteiger partial charge in [-0.3, -0.25) is 4.79 Å². The first kappa shape index (κ1) is 13.6. The fourth-order valence-electron chi connectivity index (χ4n) is 0.896. The van der Waals surface area contributed by atoms with E-state index in [1.165, 1.54) is 7.11 Å². The van der Waals surface area contributed by atoms with E-state index in [9.17, 15) is 9.59 Å². The minimum atomic E-state index is -0.551. The number of hydrogen-bond acceptors (Lipinski definition) is 4. The zero-order valence-corrected chi connectivity index (χ0v) is 8.86. The van der Waals surface area contributed by atoms with Crippen molar-refractivity contribution < 1.29 is 19.4 Å². The summed E-state index contributed by atoms with van der Waals surface area (Å²) in [6.07, 6.45) is 4.64. The van der Waals surface area contributed by atoms with E-state index in [4.69, 9.17) is 5.11 Å². The number of carbonyl (C=O) groups is 2. The van der Waals surface area contributed by atoms with Gasteiger partial charge in [-0.15, -0.1) is 0 Å². The maximum absolute atomic E-state index is 11.0. The number of hydrogen-bond donors (Lipinski definition) is 2. The smallest absolute Gasteiger partial charge is 0.330 e. The van der Waals surface area contributed by atoms with Crippen LogP contribution in [-0.4, -0.2) is 37.2 Å². The number of nitrogens with one attached hydrogen (secondary N) is 1. The predicted octanol–water partition coefficient (Wildman–Crippen LogP) is -0.00560. The Labute approximate surface area is 89.1 Å². The largest absolute Gasteiger partial charge is 0.466 e. The lowest BCUT2D eigenvalue weighted by Gasteiger charge is -2.00. The quantitative estimate of drug-likeness (QED) is 0.356. The third-order valence-corrected chi connectivity index (χ3v) is 1.71. The zero-order chi connectivity index (χ0) is 11.5. The Kier molecular flexibility index (Phi) is 8.37. The SMILES string of the molecule is COC(=O)/C=C/C(=O)NCCCCCO. The van der Waals surface area contributed by atoms with Crippen molar-refractivity contribution in [3.05, 3.63) is 12.2 Å². The van der Waals surface area contributed by atoms with Crippen LogP contribution in [0.25, 0.3) is 0 Å². The Morgan fingerprint density at radius 3 is 2.60 bits per heavy atom. The lowest BCUT2D eigenvalue weighted by atomic mass is 10.2. The first-order chi connectivity index (χ1) is 7.20. The maximum Gasteiger partial charge on any atom is 0.330 e. The number of amides is 1. The van der Waals surface area contributed by atoms with Gasteiger partial charge < -0.3 is 15.2 Å². The Hall–Kier alpha value is -1.36. The number of aliphatic hydroxyl groups excluding tert-OH is 1. The molecule has 5 heteroatoms. The van der Waals surface area contributed by atoms with Crippen molar-refractivity contribution in [3.8, 4) is 0 Å². The Morgan fingerprint density at radius 2 is 2.00 bits per heavy atom. The molecule has 0 aromatic carbocycles. The summed E-state index contributed by atoms with van der Waals surface area (Å²) in [7, 11) is 1.25. The van der Waals surface area contributed by atoms with Gasteiger partial charge in [-0.1, -0.05) is 0 Å². The summed E-state index contributed by atoms with van der Waals surface area (Å²) in [4.78, 5) is 21.7. The minimum Gasteiger partial charge on any atom is -0.466 e. The fraction of sp³-hybridized carbons (Fsp3) is 0.600. The molecule has 0 unspecified atom stereocenters. The third kappa shape index (κ3) is 8.96. The van der Waals surface area contributed by atoms with Crippen LogP contribution in [0.3, 0.4) is 0 Å². The van der Waals surface area contributed by atoms with E-state index in [1.54, 1.807) is 0 Å². The molecule has 0 aliphatic heterocycles. The van der Waals surface area contributed by atoms with Crippen molar-refractivity contribution in [2.45, 2.75) is 19.3 Å². The number of unbranched alkanes of at least 4 members (excludes halogenated alkanes) is 2. The maximum atomic E-state index is 11.0. The summed E-state index contributed by atoms with van der Waals surface area (Å²) in [5.74, 6) is -0.866. The number of carbonyl (C=O) groups excluding carboxylic acids is 2. The van der Waals surface area contributed by atoms with Gasteiger partial charge in [-0.25, -0.2) is 4.79 Å². The molecule has 0 radical (unpaired) electrons. The van der Waals surface area contributed by atoms with Crippen LogP contribution >= 0.6 is 0 Å². The van der Waals surface area contributed by atoms with E-state index in [1.807, 2.05) is 0 Å². The molecule has 0 rings (SSSR count). The summed E-state index contributed by atoms with van der Waals surface area (Å²) in [6.45, 7) is 0.723. The number of methoxy groups -OCH3 is 1. The van der Waals surface area contributed by atoms with Gasteiger partial charge in [-0.2, -0.15) is 0 Å². The van der Waals surface area contributed by atoms with Crippen molar-refractivity contribution in [2.24, 2.45) is 0 Å². The van der Waals surface area contributed by atoms with Crippen LogP contribution in [0.1, 0.15) is 19.3 Å². The number of ether oxygens (including phenoxy) is 1. The van der Waals surface area contributed by atoms with Gasteiger partial charge in [-0.05, 0) is 19.3 Å². The summed E-state index contributed by atoms with van der Waals surface area (Å²) in [5.41, 5.74) is 0. The van der Waals surface area contributed by atoms with Crippen LogP contribution in [0, 0.1) is 0 Å². The molecule has 0 atom stereocenters. The molecule has 15 heavy (non-hydrogen) atoms. The van der Waals surface area contributed by atoms with Crippen LogP contribution in [0.4, 0.5) is 0 Å². The molecular weight excluding hydrogens is 198 g/mol. The Bertz CT molecular complexity index is 225. The zero-order valence-electron chi connectivity index (χ0n) is 8.86. The van der Waals surface area contributed by atoms with Crippen molar-refractivity contribution in [2.75, 3.05) is 20.3 Å². The number of rotatable bonds is 7. The molecule has 0 saturated heterocycles. The lowest BCUT2D eigenvalue weighted by molar-refractivity contribution is -0.135. The molecule has 0 aliphatic carbocycles. The molecule has 0 spiro atoms. The van der Waals surface area contributed by atoms with Crippen molar-refractivity contribution in [1.29, 1.82) is 0 Å². The molecular formula is C10H17NO4. The van der Waals surface area contributed by atoms with Gasteiger partial charge in [0.2, 0.25) is 5.91 Å². The highest BCUT2D eigenvalue weighted by atomic mass is 16.5. The van der Waals surface area contributed by atoms with Crippen LogP contribution in [0.15, 0.2) is 12.2 Å². The van der Waals surface area contributed by atoms with Gasteiger partial charge in [0, 0.05) is 25.3 Å². The molecule has 1 amide bonds. The van der Waals surface area contributed by atoms with Crippen LogP contribution < -0.4 is 5.32 Å². The second kappa shape index (κ2) is 9.21. The molecule has 5 nitrogen and oxygen atoms in total. The van der Waals surface area contributed by atoms with E-state index in [0.717, 1.165) is 31.4 Å². The monoisotopic (exact) mass is 215 g/mol. The summed E-state index contributed by atoms with van der Waals surface area (Å²) in [5, 5.41) is 11.1. The van der Waals surface area contributed by atoms with Gasteiger partial charge in [0.15, 0.2) is 0 Å². The van der Waals surface area contributed by atoms with Crippen LogP contribution in [0.5, 0.6) is 0 Å². The number of aliphatic hydroxyl groups is 1. The van der Waals surface area contributed by atoms with Crippen molar-refractivity contribution in [1.82, 2.24) is 5.32 Å². The van der Waals surface area contributed by atoms with Gasteiger partial charge >= 0.3 is 5.97 Å². The van der Waals surface area contributed by atoms with Gasteiger partial charge in [0.1, 0.15) is 0 Å². The molecule has 0 bridgehead atoms. The average Bonchev–Trinajstić information content (AvgIpc) is 2.25. The van der Waals surface area contributed by atoms with Gasteiger partial charge in [0.05, 0.1) is 7.11 Å². The minimum absolute atomic E-state index is 0.177. The molecule has 0 heterocycles. The topological polar surface area (TPSA) is 75.6 Å². The summed E-state index contributed by atoms with van der Waals surface area (Å²) in [6, 6.07) is 0. The van der Waals surface area contributed by atoms with Crippen molar-refractivity contribution in [3.63, 3.8) is 0 Å². The van der Waals surface area contributed by atoms with Gasteiger partial charge in [0.25, 0.3) is 0 Å². The van der Waals surface area contributed by atoms with E-state index in [2.05, 4.69) is 10.1 Å². The Balaban J connectivity index is 3.49. The molecule has 0 saturated carbocycles. The lowest BCUT2D eigenvalue weighted by Crippen LogP contribution is -2.22. The Morgan fingerprint density at radius 1 is 1.27 bits per heavy atom. The van der Waals surface area contributed by atoms with E-state index >= 15 is 0 Å². The normalized spacial score (nSPS) is 10.3. The fourth-order valence-corrected chi connectivity index (χ4v) is 0.896. The summed E-state index contributed by atoms with van der Waals surface area (Å²) < 4.78 is 4.32. The average molecular weight is 215 g/mol. The first-order valence-corrected chi connectivity index (χ1v) is 4.85. The highest BCUT2D eigenvalue weighted by molar-refractivity contribution is 5.94. The second-order valence-electron chi connectivity index (χ2n) is 2.93. The molecule has 0 aliphatic rings. The van der Waals surface area contributed by atoms with Crippen LogP contribution in [0.2, 0.25) is 0 Å². The van der Waals surface area contributed by atoms with E-state index in [-0.39, 0.29) is 12.5 Å². The molecule has 0 aromatic rings. The molecule has 0 aromatic heterocycles. The van der Waals surface area contributed by atoms with Crippen LogP contribution in [-0.2, 0) is 14.3 Å². The third-order valence-electron chi connectivity index (χ3n) is 1.71. The number of esters is 1. The van der Waals surface area contributed by atoms with Crippen molar-refractivity contribution >= 4 is 11.9 Å². The van der Waals surface area contributed by atoms with E-state index < -0.39 is 5.97 Å². The summed E-state index contributed by atoms with van der Waals surface area (Å²) >= 11 is 0. The second-order valence-corrected chi connectivity index (χ2v) is 2.93. The molecule has 86 valence electrons. The molecule has 2 N–H and O–H groups in total. The molecule has 0 fully saturated rings. The first-order valence-electron chi connectivity index (χ1n) is 4.85.